The molecular weight excluding hydrogens is 264 g/mol. The highest BCUT2D eigenvalue weighted by molar-refractivity contribution is 5.99. The van der Waals surface area contributed by atoms with Gasteiger partial charge in [-0.3, -0.25) is 10.6 Å². The lowest BCUT2D eigenvalue weighted by Crippen LogP contribution is -2.25. The quantitative estimate of drug-likeness (QED) is 0.592. The first-order valence-electron chi connectivity index (χ1n) is 5.89. The molecule has 0 aliphatic carbocycles. The summed E-state index contributed by atoms with van der Waals surface area (Å²) in [5, 5.41) is 2.61. The standard InChI is InChI=1S/C14H13F2N3O/c15-10-6-4-9(5-7-10)8-18-14(20)11-2-1-3-12(16)13(11)19-17/h1-7,19H,8,17H2,(H,18,20). The fraction of sp³-hybridized carbons (Fsp3) is 0.0714. The van der Waals surface area contributed by atoms with Crippen LogP contribution >= 0.6 is 0 Å². The van der Waals surface area contributed by atoms with E-state index < -0.39 is 11.7 Å². The van der Waals surface area contributed by atoms with Crippen LogP contribution in [0.25, 0.3) is 0 Å². The number of nitrogens with two attached hydrogens (primary N) is 1. The molecule has 4 N–H and O–H groups in total. The van der Waals surface area contributed by atoms with Crippen molar-refractivity contribution in [3.05, 3.63) is 65.2 Å². The molecule has 0 aliphatic heterocycles. The van der Waals surface area contributed by atoms with Crippen LogP contribution in [-0.4, -0.2) is 5.91 Å². The number of rotatable bonds is 4. The van der Waals surface area contributed by atoms with Gasteiger partial charge in [0.15, 0.2) is 0 Å². The maximum atomic E-state index is 13.5. The van der Waals surface area contributed by atoms with Crippen molar-refractivity contribution in [1.82, 2.24) is 5.32 Å². The fourth-order valence-corrected chi connectivity index (χ4v) is 1.74. The molecule has 1 amide bonds. The number of hydrogen-bond acceptors (Lipinski definition) is 3. The van der Waals surface area contributed by atoms with Gasteiger partial charge in [0, 0.05) is 6.54 Å². The van der Waals surface area contributed by atoms with Crippen LogP contribution in [0.3, 0.4) is 0 Å². The first-order valence-corrected chi connectivity index (χ1v) is 5.89. The number of para-hydroxylation sites is 1. The summed E-state index contributed by atoms with van der Waals surface area (Å²) in [6.45, 7) is 0.208. The lowest BCUT2D eigenvalue weighted by atomic mass is 10.1. The highest BCUT2D eigenvalue weighted by Crippen LogP contribution is 2.18. The van der Waals surface area contributed by atoms with Crippen LogP contribution < -0.4 is 16.6 Å². The van der Waals surface area contributed by atoms with Crippen LogP contribution in [0, 0.1) is 11.6 Å². The first kappa shape index (κ1) is 14.0. The molecule has 0 bridgehead atoms. The molecule has 4 nitrogen and oxygen atoms in total. The van der Waals surface area contributed by atoms with Gasteiger partial charge >= 0.3 is 0 Å². The summed E-state index contributed by atoms with van der Waals surface area (Å²) in [5.74, 6) is 3.77. The maximum absolute atomic E-state index is 13.5. The van der Waals surface area contributed by atoms with Crippen molar-refractivity contribution in [2.24, 2.45) is 5.84 Å². The van der Waals surface area contributed by atoms with Crippen molar-refractivity contribution in [2.45, 2.75) is 6.54 Å². The highest BCUT2D eigenvalue weighted by Gasteiger charge is 2.13. The minimum atomic E-state index is -0.609. The molecule has 2 aromatic rings. The predicted molar refractivity (Wildman–Crippen MR) is 71.8 cm³/mol. The Kier molecular flexibility index (Phi) is 4.27. The topological polar surface area (TPSA) is 67.1 Å². The van der Waals surface area contributed by atoms with E-state index in [-0.39, 0.29) is 23.6 Å². The van der Waals surface area contributed by atoms with E-state index in [0.29, 0.717) is 0 Å². The maximum Gasteiger partial charge on any atom is 0.253 e. The number of hydrazine groups is 1. The summed E-state index contributed by atoms with van der Waals surface area (Å²) in [7, 11) is 0. The molecule has 6 heteroatoms. The van der Waals surface area contributed by atoms with E-state index in [0.717, 1.165) is 5.56 Å². The number of amides is 1. The van der Waals surface area contributed by atoms with E-state index in [1.807, 2.05) is 0 Å². The number of carbonyl (C=O) groups excluding carboxylic acids is 1. The van der Waals surface area contributed by atoms with Gasteiger partial charge in [0.1, 0.15) is 11.6 Å². The van der Waals surface area contributed by atoms with Gasteiger partial charge in [-0.05, 0) is 29.8 Å². The molecule has 0 unspecified atom stereocenters. The minimum Gasteiger partial charge on any atom is -0.348 e. The van der Waals surface area contributed by atoms with E-state index in [9.17, 15) is 13.6 Å². The van der Waals surface area contributed by atoms with Gasteiger partial charge in [0.2, 0.25) is 0 Å². The third kappa shape index (κ3) is 3.10. The Hall–Kier alpha value is -2.47. The number of hydrogen-bond donors (Lipinski definition) is 3. The normalized spacial score (nSPS) is 10.2. The third-order valence-electron chi connectivity index (χ3n) is 2.77. The van der Waals surface area contributed by atoms with Gasteiger partial charge in [0.05, 0.1) is 11.3 Å². The summed E-state index contributed by atoms with van der Waals surface area (Å²) in [6, 6.07) is 9.80. The number of carbonyl (C=O) groups is 1. The van der Waals surface area contributed by atoms with Gasteiger partial charge in [-0.25, -0.2) is 8.78 Å². The van der Waals surface area contributed by atoms with Gasteiger partial charge in [-0.2, -0.15) is 0 Å². The largest absolute Gasteiger partial charge is 0.348 e. The van der Waals surface area contributed by atoms with Crippen LogP contribution in [0.1, 0.15) is 15.9 Å². The number of nitrogen functional groups attached to an aromatic ring is 1. The fourth-order valence-electron chi connectivity index (χ4n) is 1.74. The number of nitrogens with one attached hydrogen (secondary N) is 2. The third-order valence-corrected chi connectivity index (χ3v) is 2.77. The van der Waals surface area contributed by atoms with Crippen LogP contribution in [0.2, 0.25) is 0 Å². The Morgan fingerprint density at radius 1 is 1.10 bits per heavy atom. The van der Waals surface area contributed by atoms with Crippen molar-refractivity contribution in [2.75, 3.05) is 5.43 Å². The molecule has 0 aromatic heterocycles. The Morgan fingerprint density at radius 3 is 2.45 bits per heavy atom. The molecule has 0 radical (unpaired) electrons. The summed E-state index contributed by atoms with van der Waals surface area (Å²) in [5.41, 5.74) is 2.94. The van der Waals surface area contributed by atoms with Gasteiger partial charge in [0.25, 0.3) is 5.91 Å². The van der Waals surface area contributed by atoms with Gasteiger partial charge in [-0.1, -0.05) is 18.2 Å². The molecule has 0 heterocycles. The molecule has 20 heavy (non-hydrogen) atoms. The smallest absolute Gasteiger partial charge is 0.253 e. The molecule has 104 valence electrons. The van der Waals surface area contributed by atoms with Gasteiger partial charge < -0.3 is 10.7 Å². The van der Waals surface area contributed by atoms with E-state index in [1.165, 1.54) is 30.3 Å². The summed E-state index contributed by atoms with van der Waals surface area (Å²) in [4.78, 5) is 12.0. The zero-order valence-electron chi connectivity index (χ0n) is 10.5. The second-order valence-electron chi connectivity index (χ2n) is 4.12. The molecular formula is C14H13F2N3O. The van der Waals surface area contributed by atoms with Crippen LogP contribution in [0.5, 0.6) is 0 Å². The van der Waals surface area contributed by atoms with Gasteiger partial charge in [-0.15, -0.1) is 0 Å². The zero-order chi connectivity index (χ0) is 14.5. The number of benzene rings is 2. The zero-order valence-corrected chi connectivity index (χ0v) is 10.5. The van der Waals surface area contributed by atoms with E-state index in [4.69, 9.17) is 5.84 Å². The molecule has 0 atom stereocenters. The van der Waals surface area contributed by atoms with Crippen LogP contribution in [0.15, 0.2) is 42.5 Å². The number of halogens is 2. The average Bonchev–Trinajstić information content (AvgIpc) is 2.46. The second kappa shape index (κ2) is 6.12. The summed E-state index contributed by atoms with van der Waals surface area (Å²) in [6.07, 6.45) is 0. The lowest BCUT2D eigenvalue weighted by molar-refractivity contribution is 0.0951. The SMILES string of the molecule is NNc1c(F)cccc1C(=O)NCc1ccc(F)cc1. The van der Waals surface area contributed by atoms with Crippen LogP contribution in [0.4, 0.5) is 14.5 Å². The Balaban J connectivity index is 2.09. The predicted octanol–water partition coefficient (Wildman–Crippen LogP) is 2.18. The van der Waals surface area contributed by atoms with Crippen molar-refractivity contribution in [1.29, 1.82) is 0 Å². The van der Waals surface area contributed by atoms with Crippen molar-refractivity contribution in [3.8, 4) is 0 Å². The average molecular weight is 277 g/mol. The second-order valence-corrected chi connectivity index (χ2v) is 4.12. The summed E-state index contributed by atoms with van der Waals surface area (Å²) >= 11 is 0. The highest BCUT2D eigenvalue weighted by atomic mass is 19.1. The molecule has 2 rings (SSSR count). The lowest BCUT2D eigenvalue weighted by Gasteiger charge is -2.10. The van der Waals surface area contributed by atoms with Crippen LogP contribution in [-0.2, 0) is 6.54 Å². The minimum absolute atomic E-state index is 0.0656. The molecule has 0 saturated heterocycles. The Bertz CT molecular complexity index is 614. The van der Waals surface area contributed by atoms with E-state index in [1.54, 1.807) is 12.1 Å². The molecule has 0 spiro atoms. The molecule has 0 saturated carbocycles. The molecule has 0 aliphatic rings. The van der Waals surface area contributed by atoms with Crippen molar-refractivity contribution < 1.29 is 13.6 Å². The van der Waals surface area contributed by atoms with Crippen molar-refractivity contribution >= 4 is 11.6 Å². The summed E-state index contributed by atoms with van der Waals surface area (Å²) < 4.78 is 26.2. The van der Waals surface area contributed by atoms with E-state index in [2.05, 4.69) is 10.7 Å². The van der Waals surface area contributed by atoms with E-state index >= 15 is 0 Å². The molecule has 2 aromatic carbocycles. The Labute approximate surface area is 114 Å². The van der Waals surface area contributed by atoms with Crippen molar-refractivity contribution in [3.63, 3.8) is 0 Å². The first-order chi connectivity index (χ1) is 9.61. The monoisotopic (exact) mass is 277 g/mol. The Morgan fingerprint density at radius 2 is 1.80 bits per heavy atom. The molecule has 0 fully saturated rings. The number of anilines is 1.